The maximum absolute atomic E-state index is 12.8. The number of carbonyl (C=O) groups is 2. The average molecular weight is 439 g/mol. The molecule has 6 nitrogen and oxygen atoms in total. The highest BCUT2D eigenvalue weighted by Gasteiger charge is 2.31. The van der Waals surface area contributed by atoms with Gasteiger partial charge in [0.1, 0.15) is 5.82 Å². The number of thioether (sulfide) groups is 2. The fraction of sp³-hybridized carbons (Fsp3) is 0.273. The zero-order valence-corrected chi connectivity index (χ0v) is 18.4. The van der Waals surface area contributed by atoms with Crippen molar-refractivity contribution in [2.24, 2.45) is 0 Å². The van der Waals surface area contributed by atoms with Crippen LogP contribution >= 0.6 is 23.5 Å². The quantitative estimate of drug-likeness (QED) is 0.402. The minimum Gasteiger partial charge on any atom is -0.325 e. The largest absolute Gasteiger partial charge is 0.325 e. The molecule has 1 N–H and O–H groups in total. The van der Waals surface area contributed by atoms with Crippen molar-refractivity contribution in [1.29, 1.82) is 0 Å². The first-order chi connectivity index (χ1) is 14.6. The van der Waals surface area contributed by atoms with E-state index >= 15 is 0 Å². The van der Waals surface area contributed by atoms with Gasteiger partial charge in [-0.1, -0.05) is 30.0 Å². The van der Waals surface area contributed by atoms with Gasteiger partial charge in [-0.15, -0.1) is 22.0 Å². The average Bonchev–Trinajstić information content (AvgIpc) is 3.51. The van der Waals surface area contributed by atoms with Gasteiger partial charge in [-0.25, -0.2) is 0 Å². The Hall–Kier alpha value is -2.58. The number of nitrogens with zero attached hydrogens (tertiary/aromatic N) is 3. The van der Waals surface area contributed by atoms with Gasteiger partial charge in [-0.05, 0) is 49.4 Å². The van der Waals surface area contributed by atoms with Gasteiger partial charge in [0.25, 0.3) is 0 Å². The molecule has 0 unspecified atom stereocenters. The predicted molar refractivity (Wildman–Crippen MR) is 121 cm³/mol. The third-order valence-corrected chi connectivity index (χ3v) is 6.49. The molecule has 1 aromatic heterocycles. The number of benzene rings is 2. The zero-order valence-electron chi connectivity index (χ0n) is 16.8. The van der Waals surface area contributed by atoms with Gasteiger partial charge in [0, 0.05) is 29.0 Å². The highest BCUT2D eigenvalue weighted by Crippen LogP contribution is 2.41. The summed E-state index contributed by atoms with van der Waals surface area (Å²) in [6, 6.07) is 15.4. The van der Waals surface area contributed by atoms with Crippen molar-refractivity contribution < 1.29 is 9.59 Å². The molecule has 1 heterocycles. The highest BCUT2D eigenvalue weighted by atomic mass is 32.2. The summed E-state index contributed by atoms with van der Waals surface area (Å²) in [5, 5.41) is 12.3. The third kappa shape index (κ3) is 4.60. The van der Waals surface area contributed by atoms with Crippen LogP contribution in [0.1, 0.15) is 41.9 Å². The van der Waals surface area contributed by atoms with Crippen molar-refractivity contribution in [3.8, 4) is 5.69 Å². The number of para-hydroxylation sites is 1. The van der Waals surface area contributed by atoms with Gasteiger partial charge in [0.05, 0.1) is 11.4 Å². The van der Waals surface area contributed by atoms with E-state index in [0.29, 0.717) is 11.5 Å². The van der Waals surface area contributed by atoms with Crippen molar-refractivity contribution in [2.45, 2.75) is 35.7 Å². The van der Waals surface area contributed by atoms with Crippen molar-refractivity contribution >= 4 is 40.9 Å². The molecular weight excluding hydrogens is 416 g/mol. The molecule has 1 aliphatic carbocycles. The molecule has 1 aliphatic rings. The highest BCUT2D eigenvalue weighted by molar-refractivity contribution is 7.99. The van der Waals surface area contributed by atoms with Gasteiger partial charge in [-0.2, -0.15) is 0 Å². The standard InChI is InChI=1S/C22H22N4O2S2/c1-14(27)23-18-11-10-16(12-20(18)29-2)19(28)13-30-22-25-24-21(15-8-9-15)26(22)17-6-4-3-5-7-17/h3-7,10-12,15H,8-9,13H2,1-2H3,(H,23,27). The lowest BCUT2D eigenvalue weighted by molar-refractivity contribution is -0.114. The Morgan fingerprint density at radius 1 is 1.13 bits per heavy atom. The van der Waals surface area contributed by atoms with Gasteiger partial charge in [0.15, 0.2) is 10.9 Å². The Labute approximate surface area is 183 Å². The fourth-order valence-electron chi connectivity index (χ4n) is 3.17. The first-order valence-electron chi connectivity index (χ1n) is 9.69. The lowest BCUT2D eigenvalue weighted by Crippen LogP contribution is -2.09. The summed E-state index contributed by atoms with van der Waals surface area (Å²) in [5.74, 6) is 1.57. The summed E-state index contributed by atoms with van der Waals surface area (Å²) in [6.07, 6.45) is 4.19. The Morgan fingerprint density at radius 2 is 1.90 bits per heavy atom. The SMILES string of the molecule is CSc1cc(C(=O)CSc2nnc(C3CC3)n2-c2ccccc2)ccc1NC(C)=O. The smallest absolute Gasteiger partial charge is 0.221 e. The molecule has 0 bridgehead atoms. The molecule has 4 rings (SSSR count). The molecule has 1 saturated carbocycles. The van der Waals surface area contributed by atoms with E-state index in [1.165, 1.54) is 30.4 Å². The van der Waals surface area contributed by atoms with Gasteiger partial charge < -0.3 is 5.32 Å². The minimum atomic E-state index is -0.133. The van der Waals surface area contributed by atoms with Crippen LogP contribution in [0.15, 0.2) is 58.6 Å². The van der Waals surface area contributed by atoms with E-state index < -0.39 is 0 Å². The topological polar surface area (TPSA) is 76.9 Å². The summed E-state index contributed by atoms with van der Waals surface area (Å²) in [5.41, 5.74) is 2.36. The molecular formula is C22H22N4O2S2. The number of hydrogen-bond donors (Lipinski definition) is 1. The molecule has 3 aromatic rings. The second-order valence-electron chi connectivity index (χ2n) is 7.09. The molecule has 0 saturated heterocycles. The zero-order chi connectivity index (χ0) is 21.1. The summed E-state index contributed by atoms with van der Waals surface area (Å²) >= 11 is 2.90. The Balaban J connectivity index is 1.53. The summed E-state index contributed by atoms with van der Waals surface area (Å²) < 4.78 is 2.07. The van der Waals surface area contributed by atoms with Crippen LogP contribution in [0.3, 0.4) is 0 Å². The van der Waals surface area contributed by atoms with Crippen molar-refractivity contribution in [3.05, 3.63) is 59.9 Å². The number of ketones is 1. The molecule has 1 amide bonds. The Bertz CT molecular complexity index is 1080. The number of rotatable bonds is 8. The lowest BCUT2D eigenvalue weighted by atomic mass is 10.1. The number of hydrogen-bond acceptors (Lipinski definition) is 6. The molecule has 0 spiro atoms. The molecule has 0 radical (unpaired) electrons. The summed E-state index contributed by atoms with van der Waals surface area (Å²) in [6.45, 7) is 1.47. The van der Waals surface area contributed by atoms with Crippen LogP contribution in [0, 0.1) is 0 Å². The minimum absolute atomic E-state index is 0.0141. The molecule has 30 heavy (non-hydrogen) atoms. The van der Waals surface area contributed by atoms with Crippen LogP contribution in [-0.2, 0) is 4.79 Å². The number of nitrogens with one attached hydrogen (secondary N) is 1. The van der Waals surface area contributed by atoms with Crippen LogP contribution in [0.4, 0.5) is 5.69 Å². The van der Waals surface area contributed by atoms with E-state index in [9.17, 15) is 9.59 Å². The molecule has 2 aromatic carbocycles. The summed E-state index contributed by atoms with van der Waals surface area (Å²) in [7, 11) is 0. The lowest BCUT2D eigenvalue weighted by Gasteiger charge is -2.11. The van der Waals surface area contributed by atoms with Crippen LogP contribution in [-0.4, -0.2) is 38.5 Å². The first-order valence-corrected chi connectivity index (χ1v) is 11.9. The maximum Gasteiger partial charge on any atom is 0.221 e. The number of anilines is 1. The van der Waals surface area contributed by atoms with Crippen molar-refractivity contribution in [2.75, 3.05) is 17.3 Å². The van der Waals surface area contributed by atoms with E-state index in [1.54, 1.807) is 12.1 Å². The van der Waals surface area contributed by atoms with Crippen LogP contribution in [0.25, 0.3) is 5.69 Å². The van der Waals surface area contributed by atoms with Crippen molar-refractivity contribution in [1.82, 2.24) is 14.8 Å². The van der Waals surface area contributed by atoms with E-state index in [4.69, 9.17) is 0 Å². The third-order valence-electron chi connectivity index (χ3n) is 4.78. The predicted octanol–water partition coefficient (Wildman–Crippen LogP) is 4.80. The monoisotopic (exact) mass is 438 g/mol. The molecule has 154 valence electrons. The van der Waals surface area contributed by atoms with Crippen molar-refractivity contribution in [3.63, 3.8) is 0 Å². The van der Waals surface area contributed by atoms with E-state index in [0.717, 1.165) is 40.1 Å². The molecule has 8 heteroatoms. The van der Waals surface area contributed by atoms with Crippen LogP contribution in [0.5, 0.6) is 0 Å². The summed E-state index contributed by atoms with van der Waals surface area (Å²) in [4.78, 5) is 25.1. The molecule has 0 aliphatic heterocycles. The molecule has 0 atom stereocenters. The first kappa shape index (κ1) is 20.7. The fourth-order valence-corrected chi connectivity index (χ4v) is 4.61. The Kier molecular flexibility index (Phi) is 6.24. The number of Topliss-reactive ketones (excluding diaryl/α,β-unsaturated/α-hetero) is 1. The van der Waals surface area contributed by atoms with E-state index in [-0.39, 0.29) is 17.4 Å². The van der Waals surface area contributed by atoms with Gasteiger partial charge in [0.2, 0.25) is 5.91 Å². The van der Waals surface area contributed by atoms with Gasteiger partial charge >= 0.3 is 0 Å². The maximum atomic E-state index is 12.8. The van der Waals surface area contributed by atoms with Crippen LogP contribution < -0.4 is 5.32 Å². The number of amides is 1. The van der Waals surface area contributed by atoms with E-state index in [1.807, 2.05) is 42.7 Å². The Morgan fingerprint density at radius 3 is 2.57 bits per heavy atom. The van der Waals surface area contributed by atoms with Crippen LogP contribution in [0.2, 0.25) is 0 Å². The number of carbonyl (C=O) groups excluding carboxylic acids is 2. The number of aromatic nitrogens is 3. The normalized spacial score (nSPS) is 13.3. The second kappa shape index (κ2) is 9.06. The van der Waals surface area contributed by atoms with Gasteiger partial charge in [-0.3, -0.25) is 14.2 Å². The molecule has 1 fully saturated rings. The van der Waals surface area contributed by atoms with E-state index in [2.05, 4.69) is 20.1 Å². The second-order valence-corrected chi connectivity index (χ2v) is 8.88.